The first kappa shape index (κ1) is 72.3. The monoisotopic (exact) mass is 1080 g/mol. The number of rotatable bonds is 56. The first-order valence-corrected chi connectivity index (χ1v) is 32.4. The van der Waals surface area contributed by atoms with Gasteiger partial charge >= 0.3 is 0 Å². The molecular weight excluding hydrogens is 955 g/mol. The van der Waals surface area contributed by atoms with Crippen molar-refractivity contribution in [2.75, 3.05) is 13.2 Å². The maximum Gasteiger partial charge on any atom is 0.249 e. The van der Waals surface area contributed by atoms with Crippen LogP contribution in [0.5, 0.6) is 0 Å². The van der Waals surface area contributed by atoms with E-state index in [2.05, 4.69) is 55.6 Å². The van der Waals surface area contributed by atoms with Crippen molar-refractivity contribution in [2.24, 2.45) is 0 Å². The lowest BCUT2D eigenvalue weighted by Crippen LogP contribution is -2.60. The highest BCUT2D eigenvalue weighted by atomic mass is 16.7. The van der Waals surface area contributed by atoms with E-state index in [9.17, 15) is 40.5 Å². The largest absolute Gasteiger partial charge is 0.394 e. The van der Waals surface area contributed by atoms with Crippen molar-refractivity contribution in [3.8, 4) is 0 Å². The summed E-state index contributed by atoms with van der Waals surface area (Å²) >= 11 is 0. The van der Waals surface area contributed by atoms with E-state index in [1.807, 2.05) is 0 Å². The fourth-order valence-electron chi connectivity index (χ4n) is 10.4. The molecule has 11 heteroatoms. The Kier molecular flexibility index (Phi) is 51.3. The van der Waals surface area contributed by atoms with E-state index in [4.69, 9.17) is 9.47 Å². The predicted octanol–water partition coefficient (Wildman–Crippen LogP) is 14.6. The molecule has 448 valence electrons. The van der Waals surface area contributed by atoms with Gasteiger partial charge in [0.15, 0.2) is 6.29 Å². The first-order valence-electron chi connectivity index (χ1n) is 32.4. The lowest BCUT2D eigenvalue weighted by molar-refractivity contribution is -0.303. The van der Waals surface area contributed by atoms with Crippen LogP contribution in [0.2, 0.25) is 0 Å². The van der Waals surface area contributed by atoms with Gasteiger partial charge in [0.1, 0.15) is 36.6 Å². The predicted molar refractivity (Wildman–Crippen MR) is 316 cm³/mol. The van der Waals surface area contributed by atoms with Crippen LogP contribution < -0.4 is 5.32 Å². The molecule has 0 aromatic carbocycles. The number of ether oxygens (including phenoxy) is 2. The topological polar surface area (TPSA) is 189 Å². The van der Waals surface area contributed by atoms with Gasteiger partial charge in [-0.1, -0.05) is 262 Å². The zero-order valence-electron chi connectivity index (χ0n) is 49.2. The van der Waals surface area contributed by atoms with Crippen LogP contribution in [0.4, 0.5) is 0 Å². The van der Waals surface area contributed by atoms with Gasteiger partial charge in [0.2, 0.25) is 5.91 Å². The zero-order valence-corrected chi connectivity index (χ0v) is 49.2. The molecule has 1 aliphatic rings. The Balaban J connectivity index is 2.26. The van der Waals surface area contributed by atoms with Crippen molar-refractivity contribution in [3.63, 3.8) is 0 Å². The van der Waals surface area contributed by atoms with Crippen molar-refractivity contribution in [1.82, 2.24) is 5.32 Å². The molecule has 1 fully saturated rings. The quantitative estimate of drug-likeness (QED) is 0.0215. The molecule has 11 nitrogen and oxygen atoms in total. The van der Waals surface area contributed by atoms with Crippen LogP contribution in [-0.4, -0.2) is 110 Å². The molecular formula is C65H123NO10. The molecule has 9 atom stereocenters. The van der Waals surface area contributed by atoms with Gasteiger partial charge in [0.25, 0.3) is 0 Å². The first-order chi connectivity index (χ1) is 37.2. The maximum absolute atomic E-state index is 13.2. The number of aliphatic hydroxyl groups is 7. The number of aliphatic hydroxyl groups excluding tert-OH is 7. The summed E-state index contributed by atoms with van der Waals surface area (Å²) in [7, 11) is 0. The molecule has 0 saturated carbocycles. The number of hydrogen-bond acceptors (Lipinski definition) is 10. The van der Waals surface area contributed by atoms with Gasteiger partial charge in [0, 0.05) is 0 Å². The van der Waals surface area contributed by atoms with Crippen molar-refractivity contribution < 1.29 is 50.0 Å². The van der Waals surface area contributed by atoms with E-state index < -0.39 is 74.2 Å². The maximum atomic E-state index is 13.2. The second-order valence-corrected chi connectivity index (χ2v) is 22.8. The molecule has 76 heavy (non-hydrogen) atoms. The van der Waals surface area contributed by atoms with Crippen LogP contribution in [0.3, 0.4) is 0 Å². The average Bonchev–Trinajstić information content (AvgIpc) is 3.42. The second kappa shape index (κ2) is 53.9. The summed E-state index contributed by atoms with van der Waals surface area (Å²) in [5, 5.41) is 76.3. The van der Waals surface area contributed by atoms with Crippen LogP contribution in [0, 0.1) is 0 Å². The van der Waals surface area contributed by atoms with Gasteiger partial charge in [-0.3, -0.25) is 4.79 Å². The number of unbranched alkanes of at least 4 members (excludes halogenated alkanes) is 38. The minimum absolute atomic E-state index is 0.247. The molecule has 0 spiro atoms. The Morgan fingerprint density at radius 3 is 1.17 bits per heavy atom. The Bertz CT molecular complexity index is 1330. The van der Waals surface area contributed by atoms with Crippen LogP contribution in [0.15, 0.2) is 36.5 Å². The minimum atomic E-state index is -1.67. The highest BCUT2D eigenvalue weighted by Crippen LogP contribution is 2.23. The Labute approximate surface area is 467 Å². The molecule has 1 heterocycles. The second-order valence-electron chi connectivity index (χ2n) is 22.8. The van der Waals surface area contributed by atoms with Crippen molar-refractivity contribution >= 4 is 5.91 Å². The third-order valence-electron chi connectivity index (χ3n) is 15.6. The Morgan fingerprint density at radius 1 is 0.447 bits per heavy atom. The molecule has 1 rings (SSSR count). The molecule has 1 aliphatic heterocycles. The average molecular weight is 1080 g/mol. The Hall–Kier alpha value is -1.67. The van der Waals surface area contributed by atoms with E-state index in [0.717, 1.165) is 38.5 Å². The fraction of sp³-hybridized carbons (Fsp3) is 0.892. The summed E-state index contributed by atoms with van der Waals surface area (Å²) in [5.41, 5.74) is 0. The standard InChI is InChI=1S/C65H123NO10/c1-3-5-7-9-11-13-15-17-19-21-23-25-26-27-28-29-30-31-33-35-37-39-41-43-45-47-49-51-53-58(69)64(74)66-56(55-75-65-63(73)62(72)61(71)59(54-67)76-65)60(70)57(68)52-50-48-46-44-42-40-38-36-34-32-24-22-20-18-16-14-12-10-8-6-4-2/h27-28,36,38,44,46,56-63,65,67-73H,3-26,29-35,37,39-43,45,47-55H2,1-2H3,(H,66,74)/b28-27-,38-36+,46-44+. The number of carbonyl (C=O) groups is 1. The zero-order chi connectivity index (χ0) is 55.4. The van der Waals surface area contributed by atoms with Crippen molar-refractivity contribution in [2.45, 2.75) is 358 Å². The Morgan fingerprint density at radius 2 is 0.789 bits per heavy atom. The summed E-state index contributed by atoms with van der Waals surface area (Å²) in [6.45, 7) is 3.47. The molecule has 8 N–H and O–H groups in total. The van der Waals surface area contributed by atoms with E-state index in [1.54, 1.807) is 0 Å². The third kappa shape index (κ3) is 41.4. The van der Waals surface area contributed by atoms with Gasteiger partial charge in [0.05, 0.1) is 25.4 Å². The van der Waals surface area contributed by atoms with Crippen LogP contribution in [0.25, 0.3) is 0 Å². The van der Waals surface area contributed by atoms with E-state index in [1.165, 1.54) is 218 Å². The lowest BCUT2D eigenvalue weighted by Gasteiger charge is -2.40. The van der Waals surface area contributed by atoms with E-state index in [0.29, 0.717) is 19.3 Å². The van der Waals surface area contributed by atoms with Gasteiger partial charge in [-0.15, -0.1) is 0 Å². The molecule has 0 aromatic heterocycles. The summed E-state index contributed by atoms with van der Waals surface area (Å²) in [6.07, 6.45) is 56.4. The number of allylic oxidation sites excluding steroid dienone is 6. The van der Waals surface area contributed by atoms with E-state index in [-0.39, 0.29) is 12.8 Å². The van der Waals surface area contributed by atoms with Gasteiger partial charge in [-0.2, -0.15) is 0 Å². The molecule has 1 saturated heterocycles. The van der Waals surface area contributed by atoms with Crippen molar-refractivity contribution in [1.29, 1.82) is 0 Å². The van der Waals surface area contributed by atoms with Crippen LogP contribution in [-0.2, 0) is 14.3 Å². The molecule has 1 amide bonds. The minimum Gasteiger partial charge on any atom is -0.394 e. The SMILES string of the molecule is CCCCCCCCCCCCCC/C=C\CCCCCCCCCCCCCCC(O)C(=O)NC(COC1OC(CO)C(O)C(O)C1O)C(O)C(O)CCC/C=C/CC/C=C/CCCCCCCCCCCCCC. The van der Waals surface area contributed by atoms with Crippen molar-refractivity contribution in [3.05, 3.63) is 36.5 Å². The number of carbonyl (C=O) groups excluding carboxylic acids is 1. The lowest BCUT2D eigenvalue weighted by atomic mass is 9.98. The fourth-order valence-corrected chi connectivity index (χ4v) is 10.4. The molecule has 9 unspecified atom stereocenters. The summed E-state index contributed by atoms with van der Waals surface area (Å²) in [4.78, 5) is 13.2. The van der Waals surface area contributed by atoms with Crippen LogP contribution in [0.1, 0.15) is 303 Å². The summed E-state index contributed by atoms with van der Waals surface area (Å²) in [5.74, 6) is -0.707. The highest BCUT2D eigenvalue weighted by molar-refractivity contribution is 5.80. The number of hydrogen-bond donors (Lipinski definition) is 8. The smallest absolute Gasteiger partial charge is 0.249 e. The normalized spacial score (nSPS) is 19.8. The van der Waals surface area contributed by atoms with Gasteiger partial charge < -0.3 is 50.5 Å². The highest BCUT2D eigenvalue weighted by Gasteiger charge is 2.44. The number of amides is 1. The van der Waals surface area contributed by atoms with Gasteiger partial charge in [-0.25, -0.2) is 0 Å². The number of nitrogens with one attached hydrogen (secondary N) is 1. The van der Waals surface area contributed by atoms with Crippen LogP contribution >= 0.6 is 0 Å². The van der Waals surface area contributed by atoms with E-state index >= 15 is 0 Å². The van der Waals surface area contributed by atoms with Gasteiger partial charge in [-0.05, 0) is 77.0 Å². The third-order valence-corrected chi connectivity index (χ3v) is 15.6. The molecule has 0 bridgehead atoms. The summed E-state index contributed by atoms with van der Waals surface area (Å²) in [6, 6.07) is -1.19. The molecule has 0 aliphatic carbocycles. The molecule has 0 aromatic rings. The summed E-state index contributed by atoms with van der Waals surface area (Å²) < 4.78 is 11.2. The molecule has 0 radical (unpaired) electrons.